The molecule has 0 bridgehead atoms. The van der Waals surface area contributed by atoms with Crippen molar-refractivity contribution in [2.24, 2.45) is 0 Å². The Morgan fingerprint density at radius 3 is 2.74 bits per heavy atom. The third-order valence-corrected chi connectivity index (χ3v) is 5.76. The molecule has 4 heterocycles. The minimum Gasteiger partial charge on any atom is -0.495 e. The second-order valence-electron chi connectivity index (χ2n) is 8.17. The Kier molecular flexibility index (Phi) is 5.95. The van der Waals surface area contributed by atoms with Gasteiger partial charge in [-0.3, -0.25) is 0 Å². The molecule has 0 amide bonds. The van der Waals surface area contributed by atoms with Crippen LogP contribution in [0.3, 0.4) is 0 Å². The molecule has 0 spiro atoms. The number of rotatable bonds is 6. The lowest BCUT2D eigenvalue weighted by molar-refractivity contribution is 0.198. The zero-order valence-electron chi connectivity index (χ0n) is 19.0. The first-order valence-corrected chi connectivity index (χ1v) is 11.1. The summed E-state index contributed by atoms with van der Waals surface area (Å²) in [5.41, 5.74) is 9.37. The molecule has 11 nitrogen and oxygen atoms in total. The number of hydrogen-bond acceptors (Lipinski definition) is 10. The van der Waals surface area contributed by atoms with Crippen molar-refractivity contribution in [2.75, 3.05) is 30.8 Å². The van der Waals surface area contributed by atoms with Crippen molar-refractivity contribution in [1.82, 2.24) is 29.9 Å². The van der Waals surface area contributed by atoms with Crippen molar-refractivity contribution in [3.63, 3.8) is 0 Å². The first kappa shape index (κ1) is 22.2. The third-order valence-electron chi connectivity index (χ3n) is 5.76. The number of ether oxygens (including phenoxy) is 1. The van der Waals surface area contributed by atoms with Crippen LogP contribution in [0.1, 0.15) is 17.7 Å². The zero-order valence-corrected chi connectivity index (χ0v) is 19.0. The average Bonchev–Trinajstić information content (AvgIpc) is 3.52. The van der Waals surface area contributed by atoms with E-state index in [1.165, 1.54) is 7.11 Å². The van der Waals surface area contributed by atoms with E-state index in [4.69, 9.17) is 15.5 Å². The minimum absolute atomic E-state index is 0.0682. The Bertz CT molecular complexity index is 1410. The third kappa shape index (κ3) is 4.60. The summed E-state index contributed by atoms with van der Waals surface area (Å²) >= 11 is 0. The van der Waals surface area contributed by atoms with Crippen LogP contribution < -0.4 is 15.4 Å². The Labute approximate surface area is 201 Å². The van der Waals surface area contributed by atoms with E-state index in [-0.39, 0.29) is 12.1 Å². The Balaban J connectivity index is 1.41. The first-order valence-electron chi connectivity index (χ1n) is 11.1. The molecule has 1 fully saturated rings. The van der Waals surface area contributed by atoms with E-state index in [1.807, 2.05) is 18.2 Å². The van der Waals surface area contributed by atoms with Crippen LogP contribution in [0.25, 0.3) is 22.6 Å². The monoisotopic (exact) mass is 469 g/mol. The van der Waals surface area contributed by atoms with Crippen LogP contribution in [0.4, 0.5) is 11.8 Å². The number of pyridine rings is 1. The summed E-state index contributed by atoms with van der Waals surface area (Å²) in [5.74, 6) is 1.32. The molecule has 1 atom stereocenters. The van der Waals surface area contributed by atoms with Crippen LogP contribution in [0.5, 0.6) is 5.75 Å². The number of β-amino-alcohol motifs (C(OH)–C–C–N with tert-alkyl or cyclic N) is 1. The van der Waals surface area contributed by atoms with E-state index in [2.05, 4.69) is 31.2 Å². The maximum absolute atomic E-state index is 9.81. The predicted octanol–water partition coefficient (Wildman–Crippen LogP) is 1.88. The maximum Gasteiger partial charge on any atom is 0.221 e. The zero-order chi connectivity index (χ0) is 24.4. The summed E-state index contributed by atoms with van der Waals surface area (Å²) in [7, 11) is 1.51. The maximum atomic E-state index is 9.81. The summed E-state index contributed by atoms with van der Waals surface area (Å²) in [4.78, 5) is 15.4. The molecule has 1 unspecified atom stereocenters. The smallest absolute Gasteiger partial charge is 0.221 e. The SMILES string of the molecule is COc1c(C#N)cccc1-c1cc(-c2cn(Cc3cccc(N4CCC(O)C4)n3)nn2)nc(N)n1. The van der Waals surface area contributed by atoms with Gasteiger partial charge < -0.3 is 20.5 Å². The lowest BCUT2D eigenvalue weighted by atomic mass is 10.1. The van der Waals surface area contributed by atoms with Crippen LogP contribution in [-0.2, 0) is 6.54 Å². The topological polar surface area (TPSA) is 152 Å². The van der Waals surface area contributed by atoms with E-state index in [0.29, 0.717) is 47.0 Å². The molecule has 1 aliphatic rings. The highest BCUT2D eigenvalue weighted by Crippen LogP contribution is 2.33. The van der Waals surface area contributed by atoms with Crippen LogP contribution in [0, 0.1) is 11.3 Å². The van der Waals surface area contributed by atoms with Crippen LogP contribution in [0.15, 0.2) is 48.7 Å². The number of aliphatic hydroxyl groups excluding tert-OH is 1. The summed E-state index contributed by atoms with van der Waals surface area (Å²) < 4.78 is 7.13. The number of aromatic nitrogens is 6. The van der Waals surface area contributed by atoms with Gasteiger partial charge in [0, 0.05) is 18.7 Å². The molecule has 0 aliphatic carbocycles. The van der Waals surface area contributed by atoms with Gasteiger partial charge in [-0.1, -0.05) is 17.3 Å². The van der Waals surface area contributed by atoms with Gasteiger partial charge in [-0.25, -0.2) is 19.6 Å². The van der Waals surface area contributed by atoms with E-state index in [9.17, 15) is 10.4 Å². The van der Waals surface area contributed by atoms with E-state index in [0.717, 1.165) is 24.5 Å². The largest absolute Gasteiger partial charge is 0.495 e. The highest BCUT2D eigenvalue weighted by atomic mass is 16.5. The van der Waals surface area contributed by atoms with Crippen LogP contribution in [0.2, 0.25) is 0 Å². The van der Waals surface area contributed by atoms with Crippen LogP contribution >= 0.6 is 0 Å². The lowest BCUT2D eigenvalue weighted by Crippen LogP contribution is -2.22. The molecule has 1 aliphatic heterocycles. The molecule has 176 valence electrons. The van der Waals surface area contributed by atoms with Crippen LogP contribution in [-0.4, -0.2) is 61.4 Å². The summed E-state index contributed by atoms with van der Waals surface area (Å²) in [6.07, 6.45) is 2.20. The first-order chi connectivity index (χ1) is 17.0. The molecule has 1 aromatic carbocycles. The number of nitrogen functional groups attached to an aromatic ring is 1. The van der Waals surface area contributed by atoms with Gasteiger partial charge in [0.2, 0.25) is 5.95 Å². The van der Waals surface area contributed by atoms with Gasteiger partial charge in [0.25, 0.3) is 0 Å². The van der Waals surface area contributed by atoms with Gasteiger partial charge in [-0.05, 0) is 36.8 Å². The van der Waals surface area contributed by atoms with Gasteiger partial charge in [-0.2, -0.15) is 5.26 Å². The van der Waals surface area contributed by atoms with Gasteiger partial charge in [-0.15, -0.1) is 5.10 Å². The normalized spacial score (nSPS) is 15.2. The molecule has 0 saturated carbocycles. The average molecular weight is 470 g/mol. The van der Waals surface area contributed by atoms with Gasteiger partial charge in [0.05, 0.1) is 48.6 Å². The van der Waals surface area contributed by atoms with Gasteiger partial charge in [0.1, 0.15) is 23.3 Å². The number of hydrogen-bond donors (Lipinski definition) is 2. The number of para-hydroxylation sites is 1. The second kappa shape index (κ2) is 9.36. The predicted molar refractivity (Wildman–Crippen MR) is 128 cm³/mol. The van der Waals surface area contributed by atoms with Crippen molar-refractivity contribution in [1.29, 1.82) is 5.26 Å². The standard InChI is InChI=1S/C24H23N9O2/c1-35-23-15(11-25)4-2-6-18(23)19-10-20(29-24(26)28-19)21-14-33(31-30-21)12-16-5-3-7-22(27-16)32-9-8-17(34)13-32/h2-7,10,14,17,34H,8-9,12-13H2,1H3,(H2,26,28,29). The van der Waals surface area contributed by atoms with E-state index < -0.39 is 0 Å². The molecule has 0 radical (unpaired) electrons. The molecular weight excluding hydrogens is 446 g/mol. The molecule has 3 aromatic heterocycles. The molecule has 4 aromatic rings. The molecule has 3 N–H and O–H groups in total. The number of aliphatic hydroxyl groups is 1. The fourth-order valence-electron chi connectivity index (χ4n) is 4.12. The summed E-state index contributed by atoms with van der Waals surface area (Å²) in [6, 6.07) is 14.9. The van der Waals surface area contributed by atoms with Crippen molar-refractivity contribution in [2.45, 2.75) is 19.1 Å². The van der Waals surface area contributed by atoms with Gasteiger partial charge >= 0.3 is 0 Å². The molecule has 11 heteroatoms. The van der Waals surface area contributed by atoms with E-state index in [1.54, 1.807) is 35.1 Å². The van der Waals surface area contributed by atoms with E-state index >= 15 is 0 Å². The highest BCUT2D eigenvalue weighted by Gasteiger charge is 2.21. The Morgan fingerprint density at radius 2 is 1.97 bits per heavy atom. The van der Waals surface area contributed by atoms with Gasteiger partial charge in [0.15, 0.2) is 0 Å². The number of benzene rings is 1. The summed E-state index contributed by atoms with van der Waals surface area (Å²) in [5, 5.41) is 27.7. The number of nitriles is 1. The van der Waals surface area contributed by atoms with Crippen molar-refractivity contribution in [3.05, 3.63) is 59.9 Å². The highest BCUT2D eigenvalue weighted by molar-refractivity contribution is 5.74. The summed E-state index contributed by atoms with van der Waals surface area (Å²) in [6.45, 7) is 1.79. The number of anilines is 2. The minimum atomic E-state index is -0.314. The molecular formula is C24H23N9O2. The molecule has 35 heavy (non-hydrogen) atoms. The molecule has 1 saturated heterocycles. The Morgan fingerprint density at radius 1 is 1.14 bits per heavy atom. The number of methoxy groups -OCH3 is 1. The second-order valence-corrected chi connectivity index (χ2v) is 8.17. The quantitative estimate of drug-likeness (QED) is 0.428. The fourth-order valence-corrected chi connectivity index (χ4v) is 4.12. The fraction of sp³-hybridized carbons (Fsp3) is 0.250. The molecule has 5 rings (SSSR count). The van der Waals surface area contributed by atoms with Crippen molar-refractivity contribution in [3.8, 4) is 34.5 Å². The number of nitrogens with zero attached hydrogens (tertiary/aromatic N) is 8. The van der Waals surface area contributed by atoms with Crippen molar-refractivity contribution >= 4 is 11.8 Å². The van der Waals surface area contributed by atoms with Crippen molar-refractivity contribution < 1.29 is 9.84 Å². The number of nitrogens with two attached hydrogens (primary N) is 1. The lowest BCUT2D eigenvalue weighted by Gasteiger charge is -2.17. The Hall–Kier alpha value is -4.56.